The number of hydrogen-bond donors (Lipinski definition) is 2. The minimum Gasteiger partial charge on any atom is -0.480 e. The van der Waals surface area contributed by atoms with Crippen LogP contribution in [0.5, 0.6) is 0 Å². The van der Waals surface area contributed by atoms with Gasteiger partial charge in [-0.1, -0.05) is 78.9 Å². The Morgan fingerprint density at radius 3 is 2.20 bits per heavy atom. The molecule has 40 heavy (non-hydrogen) atoms. The Morgan fingerprint density at radius 2 is 1.52 bits per heavy atom. The van der Waals surface area contributed by atoms with E-state index in [0.29, 0.717) is 24.3 Å². The molecule has 4 aromatic carbocycles. The summed E-state index contributed by atoms with van der Waals surface area (Å²) in [5.41, 5.74) is 6.78. The Balaban J connectivity index is 1.66. The van der Waals surface area contributed by atoms with Crippen LogP contribution >= 0.6 is 11.8 Å². The Kier molecular flexibility index (Phi) is 10.4. The first-order valence-corrected chi connectivity index (χ1v) is 14.9. The van der Waals surface area contributed by atoms with Crippen LogP contribution in [0.4, 0.5) is 5.69 Å². The van der Waals surface area contributed by atoms with Gasteiger partial charge in [0.2, 0.25) is 0 Å². The molecule has 0 spiro atoms. The lowest BCUT2D eigenvalue weighted by Gasteiger charge is -2.26. The number of nitrogens with zero attached hydrogens (tertiary/aromatic N) is 1. The minimum absolute atomic E-state index is 0.369. The molecule has 4 aromatic rings. The Labute approximate surface area is 241 Å². The van der Waals surface area contributed by atoms with E-state index in [1.165, 1.54) is 5.56 Å². The molecular formula is C34H36N2O3S. The second-order valence-corrected chi connectivity index (χ2v) is 10.8. The predicted octanol–water partition coefficient (Wildman–Crippen LogP) is 6.85. The Hall–Kier alpha value is -4.03. The lowest BCUT2D eigenvalue weighted by molar-refractivity contribution is -0.139. The molecule has 0 aliphatic carbocycles. The highest BCUT2D eigenvalue weighted by atomic mass is 32.2. The van der Waals surface area contributed by atoms with Gasteiger partial charge >= 0.3 is 5.97 Å². The van der Waals surface area contributed by atoms with E-state index >= 15 is 0 Å². The SMILES string of the molecule is CSCC[C@H](NC(=O)c1ccc(CN(CCc2ccccc2)c2ccccc2)cc1-c1ccccc1C)C(=O)O. The van der Waals surface area contributed by atoms with Crippen molar-refractivity contribution in [3.8, 4) is 11.1 Å². The number of anilines is 1. The predicted molar refractivity (Wildman–Crippen MR) is 166 cm³/mol. The smallest absolute Gasteiger partial charge is 0.326 e. The van der Waals surface area contributed by atoms with Crippen molar-refractivity contribution in [2.24, 2.45) is 0 Å². The number of para-hydroxylation sites is 1. The van der Waals surface area contributed by atoms with Gasteiger partial charge < -0.3 is 15.3 Å². The van der Waals surface area contributed by atoms with E-state index in [4.69, 9.17) is 0 Å². The molecule has 0 saturated heterocycles. The quantitative estimate of drug-likeness (QED) is 0.190. The molecule has 0 unspecified atom stereocenters. The molecule has 2 N–H and O–H groups in total. The van der Waals surface area contributed by atoms with Gasteiger partial charge in [0.05, 0.1) is 0 Å². The molecule has 0 aliphatic heterocycles. The van der Waals surface area contributed by atoms with Crippen LogP contribution in [0.15, 0.2) is 103 Å². The van der Waals surface area contributed by atoms with E-state index in [2.05, 4.69) is 52.7 Å². The van der Waals surface area contributed by atoms with Gasteiger partial charge in [-0.25, -0.2) is 4.79 Å². The summed E-state index contributed by atoms with van der Waals surface area (Å²) in [7, 11) is 0. The van der Waals surface area contributed by atoms with Crippen molar-refractivity contribution in [2.75, 3.05) is 23.5 Å². The summed E-state index contributed by atoms with van der Waals surface area (Å²) in [6, 6.07) is 33.8. The average Bonchev–Trinajstić information content (AvgIpc) is 2.98. The van der Waals surface area contributed by atoms with Crippen LogP contribution in [-0.2, 0) is 17.8 Å². The zero-order valence-electron chi connectivity index (χ0n) is 23.0. The molecule has 0 bridgehead atoms. The first-order chi connectivity index (χ1) is 19.5. The number of carbonyl (C=O) groups is 2. The van der Waals surface area contributed by atoms with Gasteiger partial charge in [-0.05, 0) is 83.9 Å². The number of hydrogen-bond acceptors (Lipinski definition) is 4. The summed E-state index contributed by atoms with van der Waals surface area (Å²) in [6.45, 7) is 3.53. The highest BCUT2D eigenvalue weighted by Gasteiger charge is 2.23. The second kappa shape index (κ2) is 14.4. The van der Waals surface area contributed by atoms with E-state index in [0.717, 1.165) is 40.9 Å². The lowest BCUT2D eigenvalue weighted by Crippen LogP contribution is -2.41. The van der Waals surface area contributed by atoms with Crippen molar-refractivity contribution in [3.63, 3.8) is 0 Å². The molecule has 0 fully saturated rings. The molecule has 1 atom stereocenters. The molecule has 0 radical (unpaired) electrons. The fourth-order valence-corrected chi connectivity index (χ4v) is 5.25. The summed E-state index contributed by atoms with van der Waals surface area (Å²) in [5, 5.41) is 12.4. The zero-order valence-corrected chi connectivity index (χ0v) is 23.9. The molecule has 1 amide bonds. The third-order valence-electron chi connectivity index (χ3n) is 6.99. The van der Waals surface area contributed by atoms with Gasteiger partial charge in [-0.15, -0.1) is 0 Å². The Morgan fingerprint density at radius 1 is 0.850 bits per heavy atom. The van der Waals surface area contributed by atoms with Crippen molar-refractivity contribution < 1.29 is 14.7 Å². The molecular weight excluding hydrogens is 516 g/mol. The van der Waals surface area contributed by atoms with Gasteiger partial charge in [0.1, 0.15) is 6.04 Å². The number of thioether (sulfide) groups is 1. The fourth-order valence-electron chi connectivity index (χ4n) is 4.78. The summed E-state index contributed by atoms with van der Waals surface area (Å²) in [5.74, 6) is -0.741. The molecule has 0 aliphatic rings. The van der Waals surface area contributed by atoms with E-state index in [1.807, 2.05) is 73.8 Å². The monoisotopic (exact) mass is 552 g/mol. The molecule has 206 valence electrons. The number of aryl methyl sites for hydroxylation is 1. The number of amides is 1. The maximum absolute atomic E-state index is 13.5. The molecule has 0 aromatic heterocycles. The van der Waals surface area contributed by atoms with Crippen LogP contribution < -0.4 is 10.2 Å². The number of aliphatic carboxylic acids is 1. The van der Waals surface area contributed by atoms with E-state index in [1.54, 1.807) is 11.8 Å². The van der Waals surface area contributed by atoms with Crippen molar-refractivity contribution >= 4 is 29.3 Å². The summed E-state index contributed by atoms with van der Waals surface area (Å²) in [6.07, 6.45) is 3.20. The summed E-state index contributed by atoms with van der Waals surface area (Å²) in [4.78, 5) is 27.6. The topological polar surface area (TPSA) is 69.6 Å². The molecule has 4 rings (SSSR count). The molecule has 6 heteroatoms. The normalized spacial score (nSPS) is 11.6. The largest absolute Gasteiger partial charge is 0.480 e. The first-order valence-electron chi connectivity index (χ1n) is 13.5. The number of carbonyl (C=O) groups excluding carboxylic acids is 1. The van der Waals surface area contributed by atoms with E-state index < -0.39 is 12.0 Å². The summed E-state index contributed by atoms with van der Waals surface area (Å²) < 4.78 is 0. The number of rotatable bonds is 13. The van der Waals surface area contributed by atoms with Gasteiger partial charge in [0.15, 0.2) is 0 Å². The van der Waals surface area contributed by atoms with Crippen molar-refractivity contribution in [3.05, 3.63) is 125 Å². The van der Waals surface area contributed by atoms with Crippen LogP contribution in [-0.4, -0.2) is 41.6 Å². The highest BCUT2D eigenvalue weighted by Crippen LogP contribution is 2.29. The van der Waals surface area contributed by atoms with Gasteiger partial charge in [-0.3, -0.25) is 4.79 Å². The van der Waals surface area contributed by atoms with Crippen LogP contribution in [0.25, 0.3) is 11.1 Å². The van der Waals surface area contributed by atoms with Crippen LogP contribution in [0.2, 0.25) is 0 Å². The molecule has 0 heterocycles. The number of nitrogens with one attached hydrogen (secondary N) is 1. The number of carboxylic acid groups (broad SMARTS) is 1. The molecule has 0 saturated carbocycles. The minimum atomic E-state index is -1.02. The van der Waals surface area contributed by atoms with Crippen LogP contribution in [0.1, 0.15) is 33.5 Å². The Bertz CT molecular complexity index is 1410. The van der Waals surface area contributed by atoms with Crippen LogP contribution in [0, 0.1) is 6.92 Å². The second-order valence-electron chi connectivity index (χ2n) is 9.83. The lowest BCUT2D eigenvalue weighted by atomic mass is 9.93. The summed E-state index contributed by atoms with van der Waals surface area (Å²) >= 11 is 1.56. The third kappa shape index (κ3) is 7.76. The first kappa shape index (κ1) is 29.0. The number of benzene rings is 4. The van der Waals surface area contributed by atoms with Crippen molar-refractivity contribution in [1.82, 2.24) is 5.32 Å². The maximum atomic E-state index is 13.5. The number of carboxylic acids is 1. The zero-order chi connectivity index (χ0) is 28.3. The van der Waals surface area contributed by atoms with E-state index in [9.17, 15) is 14.7 Å². The standard InChI is InChI=1S/C34H36N2O3S/c1-25-11-9-10-16-29(25)31-23-27(17-18-30(31)33(37)35-32(34(38)39)20-22-40-2)24-36(28-14-7-4-8-15-28)21-19-26-12-5-3-6-13-26/h3-18,23,32H,19-22,24H2,1-2H3,(H,35,37)(H,38,39)/t32-/m0/s1. The fraction of sp³-hybridized carbons (Fsp3) is 0.235. The van der Waals surface area contributed by atoms with Gasteiger partial charge in [-0.2, -0.15) is 11.8 Å². The molecule has 5 nitrogen and oxygen atoms in total. The van der Waals surface area contributed by atoms with Crippen molar-refractivity contribution in [1.29, 1.82) is 0 Å². The maximum Gasteiger partial charge on any atom is 0.326 e. The third-order valence-corrected chi connectivity index (χ3v) is 7.63. The highest BCUT2D eigenvalue weighted by molar-refractivity contribution is 7.98. The van der Waals surface area contributed by atoms with Gasteiger partial charge in [0.25, 0.3) is 5.91 Å². The average molecular weight is 553 g/mol. The van der Waals surface area contributed by atoms with Crippen LogP contribution in [0.3, 0.4) is 0 Å². The van der Waals surface area contributed by atoms with E-state index in [-0.39, 0.29) is 5.91 Å². The van der Waals surface area contributed by atoms with Crippen molar-refractivity contribution in [2.45, 2.75) is 32.4 Å². The van der Waals surface area contributed by atoms with Gasteiger partial charge in [0, 0.05) is 24.3 Å².